The first-order chi connectivity index (χ1) is 12.7. The van der Waals surface area contributed by atoms with Gasteiger partial charge in [-0.1, -0.05) is 0 Å². The fraction of sp³-hybridized carbons (Fsp3) is 1.00. The summed E-state index contributed by atoms with van der Waals surface area (Å²) < 4.78 is 10.2. The van der Waals surface area contributed by atoms with Gasteiger partial charge in [-0.15, -0.1) is 0 Å². The van der Waals surface area contributed by atoms with Crippen molar-refractivity contribution in [3.05, 3.63) is 0 Å². The molecule has 0 unspecified atom stereocenters. The van der Waals surface area contributed by atoms with Gasteiger partial charge in [-0.25, -0.2) is 0 Å². The molecule has 2 radical (unpaired) electrons. The standard InChI is InChI=1S/6C4H9.2Pb/c6*1-3-4-2;;/h6*1,3-4H2,2H3;;. The third kappa shape index (κ3) is 23.9. The number of hydrogen-bond acceptors (Lipinski definition) is 0. The Morgan fingerprint density at radius 2 is 0.462 bits per heavy atom. The van der Waals surface area contributed by atoms with Crippen LogP contribution in [0.15, 0.2) is 0 Å². The van der Waals surface area contributed by atoms with Gasteiger partial charge in [-0.3, -0.25) is 0 Å². The van der Waals surface area contributed by atoms with Crippen LogP contribution in [-0.2, 0) is 0 Å². The number of unbranched alkanes of at least 4 members (excludes halogenated alkanes) is 6. The molecule has 0 aliphatic carbocycles. The predicted octanol–water partition coefficient (Wildman–Crippen LogP) is 9.76. The van der Waals surface area contributed by atoms with Crippen molar-refractivity contribution >= 4 is 45.4 Å². The van der Waals surface area contributed by atoms with Crippen molar-refractivity contribution in [3.63, 3.8) is 0 Å². The maximum absolute atomic E-state index is 2.34. The van der Waals surface area contributed by atoms with Crippen LogP contribution in [-0.4, -0.2) is 45.4 Å². The molecule has 0 saturated carbocycles. The normalized spacial score (nSPS) is 11.1. The van der Waals surface area contributed by atoms with E-state index < -0.39 is 45.4 Å². The van der Waals surface area contributed by atoms with Crippen LogP contribution in [0.1, 0.15) is 119 Å². The van der Waals surface area contributed by atoms with Crippen LogP contribution in [0.4, 0.5) is 0 Å². The molecule has 0 aliphatic heterocycles. The maximum atomic E-state index is 2.34. The Kier molecular flexibility index (Phi) is 31.0. The van der Waals surface area contributed by atoms with Crippen molar-refractivity contribution < 1.29 is 0 Å². The molecule has 0 N–H and O–H groups in total. The average molecular weight is 757 g/mol. The molecular weight excluding hydrogens is 703 g/mol. The Hall–Kier alpha value is 1.84. The second-order valence-corrected chi connectivity index (χ2v) is 31.4. The van der Waals surface area contributed by atoms with E-state index in [-0.39, 0.29) is 0 Å². The summed E-state index contributed by atoms with van der Waals surface area (Å²) in [6.07, 6.45) is 17.8. The predicted molar refractivity (Wildman–Crippen MR) is 130 cm³/mol. The Balaban J connectivity index is 0. The Morgan fingerprint density at radius 1 is 0.308 bits per heavy atom. The summed E-state index contributed by atoms with van der Waals surface area (Å²) in [5, 5.41) is 0. The third-order valence-corrected chi connectivity index (χ3v) is 30.0. The van der Waals surface area contributed by atoms with E-state index in [9.17, 15) is 0 Å². The van der Waals surface area contributed by atoms with Crippen LogP contribution in [0.5, 0.6) is 0 Å². The van der Waals surface area contributed by atoms with Crippen molar-refractivity contribution in [2.24, 2.45) is 0 Å². The van der Waals surface area contributed by atoms with Gasteiger partial charge in [-0.2, -0.15) is 0 Å². The van der Waals surface area contributed by atoms with Crippen LogP contribution in [0.3, 0.4) is 0 Å². The second-order valence-electron chi connectivity index (χ2n) is 8.12. The molecule has 0 saturated heterocycles. The van der Waals surface area contributed by atoms with E-state index in [2.05, 4.69) is 41.5 Å². The summed E-state index contributed by atoms with van der Waals surface area (Å²) in [6.45, 7) is 14.0. The zero-order chi connectivity index (χ0) is 19.9. The molecule has 0 spiro atoms. The topological polar surface area (TPSA) is 0 Å². The average Bonchev–Trinajstić information content (AvgIpc) is 2.67. The van der Waals surface area contributed by atoms with Gasteiger partial charge in [0.15, 0.2) is 0 Å². The molecule has 0 fully saturated rings. The van der Waals surface area contributed by atoms with Crippen molar-refractivity contribution in [1.82, 2.24) is 0 Å². The molecule has 2 heteroatoms. The molecule has 0 rings (SSSR count). The van der Waals surface area contributed by atoms with Crippen LogP contribution in [0.2, 0.25) is 23.9 Å². The van der Waals surface area contributed by atoms with E-state index >= 15 is 0 Å². The molecule has 0 aromatic heterocycles. The minimum atomic E-state index is -0.995. The molecule has 158 valence electrons. The van der Waals surface area contributed by atoms with Gasteiger partial charge < -0.3 is 0 Å². The Labute approximate surface area is 186 Å². The molecular formula is C24H54Pb2. The minimum absolute atomic E-state index is 0.995. The third-order valence-electron chi connectivity index (χ3n) is 5.30. The first-order valence-electron chi connectivity index (χ1n) is 12.4. The summed E-state index contributed by atoms with van der Waals surface area (Å²) >= 11 is -1.99. The first-order valence-corrected chi connectivity index (χ1v) is 28.9. The van der Waals surface area contributed by atoms with Gasteiger partial charge in [0, 0.05) is 0 Å². The van der Waals surface area contributed by atoms with Crippen LogP contribution in [0.25, 0.3) is 0 Å². The van der Waals surface area contributed by atoms with Gasteiger partial charge in [0.05, 0.1) is 0 Å². The monoisotopic (exact) mass is 758 g/mol. The van der Waals surface area contributed by atoms with Crippen LogP contribution < -0.4 is 0 Å². The van der Waals surface area contributed by atoms with Crippen molar-refractivity contribution in [1.29, 1.82) is 0 Å². The molecule has 0 bridgehead atoms. The van der Waals surface area contributed by atoms with Gasteiger partial charge >= 0.3 is 188 Å². The number of hydrogen-bond donors (Lipinski definition) is 0. The van der Waals surface area contributed by atoms with Gasteiger partial charge in [0.1, 0.15) is 0 Å². The van der Waals surface area contributed by atoms with E-state index in [1.165, 1.54) is 77.0 Å². The SMILES string of the molecule is CCC[CH2][Pb]([CH2]CCC)[CH2]CCC.CCC[CH2][Pb]([CH2]CCC)[CH2]CCC. The van der Waals surface area contributed by atoms with E-state index in [0.29, 0.717) is 0 Å². The van der Waals surface area contributed by atoms with E-state index in [0.717, 1.165) is 0 Å². The fourth-order valence-corrected chi connectivity index (χ4v) is 29.1. The quantitative estimate of drug-likeness (QED) is 0.122. The van der Waals surface area contributed by atoms with Crippen LogP contribution in [0, 0.1) is 0 Å². The van der Waals surface area contributed by atoms with E-state index in [1.807, 2.05) is 0 Å². The second kappa shape index (κ2) is 26.8. The summed E-state index contributed by atoms with van der Waals surface area (Å²) in [4.78, 5) is 0. The summed E-state index contributed by atoms with van der Waals surface area (Å²) in [5.74, 6) is 0. The van der Waals surface area contributed by atoms with Crippen LogP contribution >= 0.6 is 0 Å². The molecule has 0 aromatic carbocycles. The zero-order valence-electron chi connectivity index (χ0n) is 19.7. The Bertz CT molecular complexity index is 168. The van der Waals surface area contributed by atoms with E-state index in [4.69, 9.17) is 0 Å². The first kappa shape index (κ1) is 30.0. The molecule has 26 heavy (non-hydrogen) atoms. The summed E-state index contributed by atoms with van der Waals surface area (Å²) in [6, 6.07) is 0. The summed E-state index contributed by atoms with van der Waals surface area (Å²) in [5.41, 5.74) is 0. The van der Waals surface area contributed by atoms with Gasteiger partial charge in [0.25, 0.3) is 0 Å². The van der Waals surface area contributed by atoms with Gasteiger partial charge in [0.2, 0.25) is 0 Å². The van der Waals surface area contributed by atoms with Crippen molar-refractivity contribution in [2.45, 2.75) is 142 Å². The van der Waals surface area contributed by atoms with Crippen molar-refractivity contribution in [2.75, 3.05) is 0 Å². The molecule has 0 aromatic rings. The van der Waals surface area contributed by atoms with Gasteiger partial charge in [-0.05, 0) is 0 Å². The Morgan fingerprint density at radius 3 is 0.577 bits per heavy atom. The fourth-order valence-electron chi connectivity index (χ4n) is 3.31. The number of rotatable bonds is 18. The molecule has 0 atom stereocenters. The molecule has 0 nitrogen and oxygen atoms in total. The zero-order valence-corrected chi connectivity index (χ0v) is 27.5. The molecule has 0 heterocycles. The molecule has 0 aliphatic rings. The summed E-state index contributed by atoms with van der Waals surface area (Å²) in [7, 11) is 0. The van der Waals surface area contributed by atoms with Crippen molar-refractivity contribution in [3.8, 4) is 0 Å². The van der Waals surface area contributed by atoms with E-state index in [1.54, 1.807) is 23.9 Å². The molecule has 0 amide bonds.